The van der Waals surface area contributed by atoms with Crippen molar-refractivity contribution >= 4 is 29.2 Å². The molecule has 9 nitrogen and oxygen atoms in total. The van der Waals surface area contributed by atoms with Crippen LogP contribution >= 0.6 is 11.3 Å². The van der Waals surface area contributed by atoms with Crippen LogP contribution in [0, 0.1) is 0 Å². The third-order valence-electron chi connectivity index (χ3n) is 5.36. The highest BCUT2D eigenvalue weighted by atomic mass is 32.1. The highest BCUT2D eigenvalue weighted by molar-refractivity contribution is 7.13. The molecule has 0 saturated heterocycles. The fourth-order valence-electron chi connectivity index (χ4n) is 3.66. The summed E-state index contributed by atoms with van der Waals surface area (Å²) < 4.78 is 6.81. The summed E-state index contributed by atoms with van der Waals surface area (Å²) in [6.45, 7) is 1.40. The Labute approximate surface area is 195 Å². The number of benzene rings is 1. The number of amides is 3. The number of rotatable bonds is 6. The molecule has 2 aromatic heterocycles. The van der Waals surface area contributed by atoms with Crippen LogP contribution in [-0.2, 0) is 9.53 Å². The zero-order valence-corrected chi connectivity index (χ0v) is 19.0. The molecular formula is C23H25N5O4S. The van der Waals surface area contributed by atoms with E-state index in [0.29, 0.717) is 5.82 Å². The highest BCUT2D eigenvalue weighted by Crippen LogP contribution is 2.25. The van der Waals surface area contributed by atoms with Crippen molar-refractivity contribution in [1.29, 1.82) is 0 Å². The number of para-hydroxylation sites is 1. The maximum Gasteiger partial charge on any atom is 0.379 e. The van der Waals surface area contributed by atoms with Gasteiger partial charge in [0.05, 0.1) is 10.6 Å². The van der Waals surface area contributed by atoms with E-state index in [2.05, 4.69) is 20.7 Å². The molecule has 1 aliphatic carbocycles. The highest BCUT2D eigenvalue weighted by Gasteiger charge is 2.26. The van der Waals surface area contributed by atoms with Crippen LogP contribution < -0.4 is 10.6 Å². The van der Waals surface area contributed by atoms with Gasteiger partial charge in [-0.05, 0) is 43.3 Å². The Morgan fingerprint density at radius 3 is 2.55 bits per heavy atom. The van der Waals surface area contributed by atoms with E-state index in [1.54, 1.807) is 4.68 Å². The molecule has 10 heteroatoms. The molecule has 1 aliphatic rings. The normalized spacial score (nSPS) is 14.9. The van der Waals surface area contributed by atoms with E-state index in [9.17, 15) is 14.4 Å². The molecule has 1 unspecified atom stereocenters. The van der Waals surface area contributed by atoms with Crippen LogP contribution in [0.2, 0.25) is 0 Å². The predicted octanol–water partition coefficient (Wildman–Crippen LogP) is 3.70. The smallest absolute Gasteiger partial charge is 0.379 e. The third kappa shape index (κ3) is 5.64. The van der Waals surface area contributed by atoms with E-state index in [-0.39, 0.29) is 11.9 Å². The molecule has 3 aromatic rings. The number of urea groups is 1. The first-order valence-electron chi connectivity index (χ1n) is 10.9. The van der Waals surface area contributed by atoms with Gasteiger partial charge < -0.3 is 10.1 Å². The van der Waals surface area contributed by atoms with Crippen LogP contribution in [0.4, 0.5) is 4.79 Å². The van der Waals surface area contributed by atoms with Gasteiger partial charge in [0.25, 0.3) is 11.7 Å². The van der Waals surface area contributed by atoms with Crippen molar-refractivity contribution in [3.63, 3.8) is 0 Å². The van der Waals surface area contributed by atoms with Gasteiger partial charge in [0.2, 0.25) is 0 Å². The summed E-state index contributed by atoms with van der Waals surface area (Å²) in [5.74, 6) is -1.24. The largest absolute Gasteiger partial charge is 0.447 e. The fraction of sp³-hybridized carbons (Fsp3) is 0.348. The summed E-state index contributed by atoms with van der Waals surface area (Å²) in [6, 6.07) is 12.5. The monoisotopic (exact) mass is 467 g/mol. The van der Waals surface area contributed by atoms with Gasteiger partial charge in [-0.2, -0.15) is 4.98 Å². The average Bonchev–Trinajstić information content (AvgIpc) is 3.50. The van der Waals surface area contributed by atoms with Gasteiger partial charge in [0, 0.05) is 6.04 Å². The Morgan fingerprint density at radius 1 is 1.09 bits per heavy atom. The topological polar surface area (TPSA) is 115 Å². The van der Waals surface area contributed by atoms with Crippen molar-refractivity contribution in [2.24, 2.45) is 0 Å². The molecule has 4 rings (SSSR count). The molecule has 1 fully saturated rings. The van der Waals surface area contributed by atoms with E-state index in [1.807, 2.05) is 47.8 Å². The number of nitrogens with one attached hydrogen (secondary N) is 2. The zero-order valence-electron chi connectivity index (χ0n) is 18.2. The summed E-state index contributed by atoms with van der Waals surface area (Å²) >= 11 is 1.47. The molecule has 1 atom stereocenters. The summed E-state index contributed by atoms with van der Waals surface area (Å²) in [6.07, 6.45) is 3.88. The number of carbonyl (C=O) groups excluding carboxylic acids is 3. The Hall–Kier alpha value is -3.53. The first-order valence-corrected chi connectivity index (χ1v) is 11.8. The van der Waals surface area contributed by atoms with Crippen LogP contribution in [0.15, 0.2) is 47.8 Å². The van der Waals surface area contributed by atoms with Gasteiger partial charge in [-0.1, -0.05) is 43.5 Å². The summed E-state index contributed by atoms with van der Waals surface area (Å²) in [5, 5.41) is 11.3. The molecule has 0 bridgehead atoms. The number of nitrogens with zero attached hydrogens (tertiary/aromatic N) is 3. The number of imide groups is 1. The van der Waals surface area contributed by atoms with Gasteiger partial charge in [-0.3, -0.25) is 10.1 Å². The molecule has 2 N–H and O–H groups in total. The predicted molar refractivity (Wildman–Crippen MR) is 123 cm³/mol. The molecule has 1 aromatic carbocycles. The van der Waals surface area contributed by atoms with Crippen LogP contribution in [0.5, 0.6) is 0 Å². The third-order valence-corrected chi connectivity index (χ3v) is 6.23. The number of hydrogen-bond acceptors (Lipinski definition) is 7. The first kappa shape index (κ1) is 22.7. The van der Waals surface area contributed by atoms with Crippen molar-refractivity contribution in [2.75, 3.05) is 0 Å². The van der Waals surface area contributed by atoms with Gasteiger partial charge in [0.1, 0.15) is 0 Å². The van der Waals surface area contributed by atoms with Crippen molar-refractivity contribution in [1.82, 2.24) is 25.4 Å². The standard InChI is InChI=1S/C23H25N5O4S/c1-15(21(29)26-23(31)24-16-9-4-2-5-10-16)32-22(30)19-25-20(18-13-8-14-33-18)28(27-19)17-11-6-3-7-12-17/h3,6-8,11-16H,2,4-5,9-10H2,1H3,(H2,24,26,29,31). The second-order valence-corrected chi connectivity index (χ2v) is 8.78. The van der Waals surface area contributed by atoms with Gasteiger partial charge in [0.15, 0.2) is 11.9 Å². The second-order valence-electron chi connectivity index (χ2n) is 7.83. The number of carbonyl (C=O) groups is 3. The van der Waals surface area contributed by atoms with Crippen molar-refractivity contribution < 1.29 is 19.1 Å². The minimum atomic E-state index is -1.19. The molecule has 0 aliphatic heterocycles. The number of ether oxygens (including phenoxy) is 1. The van der Waals surface area contributed by atoms with E-state index < -0.39 is 24.0 Å². The minimum absolute atomic E-state index is 0.0613. The molecule has 3 amide bonds. The summed E-state index contributed by atoms with van der Waals surface area (Å²) in [5.41, 5.74) is 0.734. The Morgan fingerprint density at radius 2 is 1.85 bits per heavy atom. The van der Waals surface area contributed by atoms with E-state index >= 15 is 0 Å². The number of esters is 1. The molecular weight excluding hydrogens is 442 g/mol. The lowest BCUT2D eigenvalue weighted by Gasteiger charge is -2.23. The number of thiophene rings is 1. The van der Waals surface area contributed by atoms with Crippen LogP contribution in [0.3, 0.4) is 0 Å². The molecule has 172 valence electrons. The Bertz CT molecular complexity index is 1110. The van der Waals surface area contributed by atoms with Crippen molar-refractivity contribution in [2.45, 2.75) is 51.2 Å². The Balaban J connectivity index is 1.42. The van der Waals surface area contributed by atoms with E-state index in [1.165, 1.54) is 18.3 Å². The van der Waals surface area contributed by atoms with Crippen LogP contribution in [0.25, 0.3) is 16.4 Å². The maximum absolute atomic E-state index is 12.7. The first-order chi connectivity index (χ1) is 16.0. The SMILES string of the molecule is CC(OC(=O)c1nc(-c2cccs2)n(-c2ccccc2)n1)C(=O)NC(=O)NC1CCCCC1. The molecule has 0 spiro atoms. The number of hydrogen-bond donors (Lipinski definition) is 2. The van der Waals surface area contributed by atoms with Gasteiger partial charge >= 0.3 is 12.0 Å². The quantitative estimate of drug-likeness (QED) is 0.534. The lowest BCUT2D eigenvalue weighted by molar-refractivity contribution is -0.128. The second kappa shape index (κ2) is 10.4. The maximum atomic E-state index is 12.7. The molecule has 2 heterocycles. The molecule has 1 saturated carbocycles. The van der Waals surface area contributed by atoms with Crippen LogP contribution in [-0.4, -0.2) is 44.8 Å². The van der Waals surface area contributed by atoms with Crippen molar-refractivity contribution in [3.05, 3.63) is 53.7 Å². The summed E-state index contributed by atoms with van der Waals surface area (Å²) in [7, 11) is 0. The fourth-order valence-corrected chi connectivity index (χ4v) is 4.36. The van der Waals surface area contributed by atoms with E-state index in [4.69, 9.17) is 4.74 Å². The molecule has 0 radical (unpaired) electrons. The molecule has 33 heavy (non-hydrogen) atoms. The lowest BCUT2D eigenvalue weighted by Crippen LogP contribution is -2.48. The summed E-state index contributed by atoms with van der Waals surface area (Å²) in [4.78, 5) is 42.3. The number of aromatic nitrogens is 3. The van der Waals surface area contributed by atoms with Gasteiger partial charge in [-0.15, -0.1) is 16.4 Å². The lowest BCUT2D eigenvalue weighted by atomic mass is 9.96. The van der Waals surface area contributed by atoms with Gasteiger partial charge in [-0.25, -0.2) is 14.3 Å². The van der Waals surface area contributed by atoms with Crippen molar-refractivity contribution in [3.8, 4) is 16.4 Å². The van der Waals surface area contributed by atoms with Crippen LogP contribution in [0.1, 0.15) is 49.6 Å². The van der Waals surface area contributed by atoms with E-state index in [0.717, 1.165) is 42.7 Å². The zero-order chi connectivity index (χ0) is 23.2. The Kier molecular flexibility index (Phi) is 7.13. The average molecular weight is 468 g/mol. The minimum Gasteiger partial charge on any atom is -0.447 e.